The number of phosphoric acid groups is 1. The zero-order valence-corrected chi connectivity index (χ0v) is 11.8. The molecule has 2 aliphatic carbocycles. The molecule has 4 nitrogen and oxygen atoms in total. The summed E-state index contributed by atoms with van der Waals surface area (Å²) < 4.78 is 28.8. The largest absolute Gasteiger partial charge is 0.475 e. The SMILES string of the molecule is O=P(OCCc1ccccc1)(OC1CC1)OC1CC1. The predicted octanol–water partition coefficient (Wildman–Crippen LogP) is 3.71. The van der Waals surface area contributed by atoms with Crippen LogP contribution in [0.2, 0.25) is 0 Å². The van der Waals surface area contributed by atoms with Crippen molar-refractivity contribution in [2.24, 2.45) is 0 Å². The average Bonchev–Trinajstić information content (AvgIpc) is 3.28. The first-order valence-electron chi connectivity index (χ1n) is 6.89. The lowest BCUT2D eigenvalue weighted by molar-refractivity contribution is 0.103. The summed E-state index contributed by atoms with van der Waals surface area (Å²) in [7, 11) is -3.34. The van der Waals surface area contributed by atoms with Crippen molar-refractivity contribution in [1.82, 2.24) is 0 Å². The molecule has 0 aliphatic heterocycles. The Hall–Kier alpha value is -0.670. The molecule has 1 aromatic rings. The lowest BCUT2D eigenvalue weighted by Gasteiger charge is -2.17. The van der Waals surface area contributed by atoms with E-state index in [0.29, 0.717) is 13.0 Å². The van der Waals surface area contributed by atoms with Crippen LogP contribution in [0.1, 0.15) is 31.2 Å². The van der Waals surface area contributed by atoms with Gasteiger partial charge >= 0.3 is 7.82 Å². The van der Waals surface area contributed by atoms with E-state index >= 15 is 0 Å². The van der Waals surface area contributed by atoms with Gasteiger partial charge < -0.3 is 0 Å². The predicted molar refractivity (Wildman–Crippen MR) is 71.9 cm³/mol. The molecule has 0 aromatic heterocycles. The van der Waals surface area contributed by atoms with Crippen molar-refractivity contribution >= 4 is 7.82 Å². The number of rotatable bonds is 8. The van der Waals surface area contributed by atoms with Crippen molar-refractivity contribution in [2.75, 3.05) is 6.61 Å². The van der Waals surface area contributed by atoms with Crippen LogP contribution in [0, 0.1) is 0 Å². The molecule has 104 valence electrons. The van der Waals surface area contributed by atoms with E-state index in [-0.39, 0.29) is 12.2 Å². The third-order valence-electron chi connectivity index (χ3n) is 3.09. The molecule has 2 fully saturated rings. The van der Waals surface area contributed by atoms with E-state index in [4.69, 9.17) is 13.6 Å². The quantitative estimate of drug-likeness (QED) is 0.682. The summed E-state index contributed by atoms with van der Waals surface area (Å²) in [5.41, 5.74) is 1.16. The van der Waals surface area contributed by atoms with Gasteiger partial charge in [0.2, 0.25) is 0 Å². The first kappa shape index (κ1) is 13.3. The highest BCUT2D eigenvalue weighted by Gasteiger charge is 2.40. The van der Waals surface area contributed by atoms with Crippen molar-refractivity contribution < 1.29 is 18.1 Å². The molecule has 0 bridgehead atoms. The highest BCUT2D eigenvalue weighted by atomic mass is 31.2. The van der Waals surface area contributed by atoms with Crippen molar-refractivity contribution in [2.45, 2.75) is 44.3 Å². The van der Waals surface area contributed by atoms with Gasteiger partial charge in [0, 0.05) is 0 Å². The van der Waals surface area contributed by atoms with Crippen LogP contribution in [0.5, 0.6) is 0 Å². The minimum absolute atomic E-state index is 0.0707. The van der Waals surface area contributed by atoms with E-state index in [2.05, 4.69) is 0 Å². The third kappa shape index (κ3) is 4.43. The summed E-state index contributed by atoms with van der Waals surface area (Å²) in [5, 5.41) is 0. The molecule has 0 saturated heterocycles. The molecule has 0 radical (unpaired) electrons. The fraction of sp³-hybridized carbons (Fsp3) is 0.571. The Labute approximate surface area is 113 Å². The van der Waals surface area contributed by atoms with E-state index in [1.165, 1.54) is 0 Å². The van der Waals surface area contributed by atoms with Gasteiger partial charge in [0.1, 0.15) is 0 Å². The molecule has 0 unspecified atom stereocenters. The Morgan fingerprint density at radius 3 is 2.11 bits per heavy atom. The van der Waals surface area contributed by atoms with E-state index in [0.717, 1.165) is 31.2 Å². The second-order valence-corrected chi connectivity index (χ2v) is 6.70. The van der Waals surface area contributed by atoms with Crippen LogP contribution in [0.3, 0.4) is 0 Å². The molecule has 3 rings (SSSR count). The molecule has 0 N–H and O–H groups in total. The lowest BCUT2D eigenvalue weighted by Crippen LogP contribution is -2.05. The van der Waals surface area contributed by atoms with Crippen LogP contribution in [0.25, 0.3) is 0 Å². The summed E-state index contributed by atoms with van der Waals surface area (Å²) in [6.45, 7) is 0.362. The van der Waals surface area contributed by atoms with E-state index < -0.39 is 7.82 Å². The first-order valence-corrected chi connectivity index (χ1v) is 8.35. The van der Waals surface area contributed by atoms with Gasteiger partial charge in [-0.2, -0.15) is 0 Å². The van der Waals surface area contributed by atoms with Gasteiger partial charge in [0.15, 0.2) is 0 Å². The smallest absolute Gasteiger partial charge is 0.287 e. The highest BCUT2D eigenvalue weighted by molar-refractivity contribution is 7.48. The molecule has 5 heteroatoms. The average molecular weight is 282 g/mol. The fourth-order valence-electron chi connectivity index (χ4n) is 1.72. The number of phosphoric ester groups is 1. The van der Waals surface area contributed by atoms with Crippen LogP contribution in [-0.2, 0) is 24.6 Å². The summed E-state index contributed by atoms with van der Waals surface area (Å²) in [6.07, 6.45) is 4.69. The topological polar surface area (TPSA) is 44.8 Å². The number of hydrogen-bond donors (Lipinski definition) is 0. The van der Waals surface area contributed by atoms with Crippen LogP contribution >= 0.6 is 7.82 Å². The van der Waals surface area contributed by atoms with Gasteiger partial charge in [-0.25, -0.2) is 4.57 Å². The monoisotopic (exact) mass is 282 g/mol. The van der Waals surface area contributed by atoms with Crippen molar-refractivity contribution in [3.63, 3.8) is 0 Å². The van der Waals surface area contributed by atoms with Crippen molar-refractivity contribution in [3.05, 3.63) is 35.9 Å². The van der Waals surface area contributed by atoms with Gasteiger partial charge in [-0.05, 0) is 37.7 Å². The Kier molecular flexibility index (Phi) is 4.04. The van der Waals surface area contributed by atoms with Crippen LogP contribution < -0.4 is 0 Å². The molecule has 0 spiro atoms. The van der Waals surface area contributed by atoms with Crippen LogP contribution in [0.4, 0.5) is 0 Å². The second-order valence-electron chi connectivity index (χ2n) is 5.13. The van der Waals surface area contributed by atoms with Gasteiger partial charge in [0.05, 0.1) is 18.8 Å². The van der Waals surface area contributed by atoms with Gasteiger partial charge in [-0.15, -0.1) is 0 Å². The third-order valence-corrected chi connectivity index (χ3v) is 4.70. The maximum atomic E-state index is 12.4. The molecular formula is C14H19O4P. The molecule has 2 saturated carbocycles. The highest BCUT2D eigenvalue weighted by Crippen LogP contribution is 2.57. The van der Waals surface area contributed by atoms with Gasteiger partial charge in [-0.1, -0.05) is 30.3 Å². The summed E-state index contributed by atoms with van der Waals surface area (Å²) >= 11 is 0. The molecule has 0 heterocycles. The minimum Gasteiger partial charge on any atom is -0.287 e. The lowest BCUT2D eigenvalue weighted by atomic mass is 10.2. The van der Waals surface area contributed by atoms with E-state index in [9.17, 15) is 4.57 Å². The molecular weight excluding hydrogens is 263 g/mol. The van der Waals surface area contributed by atoms with Crippen LogP contribution in [0.15, 0.2) is 30.3 Å². The van der Waals surface area contributed by atoms with Gasteiger partial charge in [0.25, 0.3) is 0 Å². The Balaban J connectivity index is 1.50. The minimum atomic E-state index is -3.34. The first-order chi connectivity index (χ1) is 9.23. The summed E-state index contributed by atoms with van der Waals surface area (Å²) in [6, 6.07) is 9.99. The molecule has 2 aliphatic rings. The molecule has 1 aromatic carbocycles. The van der Waals surface area contributed by atoms with Crippen LogP contribution in [-0.4, -0.2) is 18.8 Å². The normalized spacial score (nSPS) is 19.6. The molecule has 19 heavy (non-hydrogen) atoms. The Bertz CT molecular complexity index is 436. The van der Waals surface area contributed by atoms with Gasteiger partial charge in [-0.3, -0.25) is 13.6 Å². The van der Waals surface area contributed by atoms with E-state index in [1.807, 2.05) is 30.3 Å². The molecule has 0 amide bonds. The van der Waals surface area contributed by atoms with Crippen molar-refractivity contribution in [3.8, 4) is 0 Å². The second kappa shape index (κ2) is 5.76. The van der Waals surface area contributed by atoms with Crippen molar-refractivity contribution in [1.29, 1.82) is 0 Å². The molecule has 0 atom stereocenters. The zero-order chi connectivity index (χ0) is 13.1. The standard InChI is InChI=1S/C14H19O4P/c15-19(17-13-6-7-13,18-14-8-9-14)16-11-10-12-4-2-1-3-5-12/h1-5,13-14H,6-11H2. The Morgan fingerprint density at radius 1 is 1.00 bits per heavy atom. The zero-order valence-electron chi connectivity index (χ0n) is 10.9. The maximum absolute atomic E-state index is 12.4. The summed E-state index contributed by atoms with van der Waals surface area (Å²) in [5.74, 6) is 0. The number of benzene rings is 1. The maximum Gasteiger partial charge on any atom is 0.475 e. The fourth-order valence-corrected chi connectivity index (χ4v) is 3.36. The number of hydrogen-bond acceptors (Lipinski definition) is 4. The Morgan fingerprint density at radius 2 is 1.58 bits per heavy atom. The summed E-state index contributed by atoms with van der Waals surface area (Å²) in [4.78, 5) is 0. The van der Waals surface area contributed by atoms with E-state index in [1.54, 1.807) is 0 Å².